The molecule has 68 valence electrons. The van der Waals surface area contributed by atoms with Gasteiger partial charge in [0, 0.05) is 15.3 Å². The molecule has 2 rings (SSSR count). The molecule has 1 aromatic carbocycles. The lowest BCUT2D eigenvalue weighted by atomic mass is 10.1. The summed E-state index contributed by atoms with van der Waals surface area (Å²) in [4.78, 5) is 0. The number of thiophene rings is 1. The molecule has 0 saturated heterocycles. The summed E-state index contributed by atoms with van der Waals surface area (Å²) in [7, 11) is 0. The Labute approximate surface area is 85.0 Å². The van der Waals surface area contributed by atoms with Gasteiger partial charge in [-0.05, 0) is 23.9 Å². The van der Waals surface area contributed by atoms with Crippen molar-refractivity contribution in [3.63, 3.8) is 0 Å². The highest BCUT2D eigenvalue weighted by atomic mass is 35.5. The minimum atomic E-state index is -0.0835. The van der Waals surface area contributed by atoms with Crippen molar-refractivity contribution in [2.75, 3.05) is 0 Å². The van der Waals surface area contributed by atoms with E-state index in [0.29, 0.717) is 5.02 Å². The molecule has 0 saturated carbocycles. The molecule has 0 bridgehead atoms. The molecule has 2 aromatic rings. The average Bonchev–Trinajstić information content (AvgIpc) is 2.39. The molecule has 0 unspecified atom stereocenters. The monoisotopic (exact) mass is 214 g/mol. The molecule has 0 aliphatic rings. The van der Waals surface area contributed by atoms with E-state index in [4.69, 9.17) is 11.6 Å². The molecule has 1 heterocycles. The minimum absolute atomic E-state index is 0.0835. The quantitative estimate of drug-likeness (QED) is 0.666. The zero-order valence-electron chi connectivity index (χ0n) is 7.10. The van der Waals surface area contributed by atoms with Crippen molar-refractivity contribution < 1.29 is 4.39 Å². The number of benzene rings is 1. The van der Waals surface area contributed by atoms with Crippen molar-refractivity contribution in [3.05, 3.63) is 33.9 Å². The van der Waals surface area contributed by atoms with E-state index in [2.05, 4.69) is 0 Å². The van der Waals surface area contributed by atoms with E-state index in [0.717, 1.165) is 22.1 Å². The van der Waals surface area contributed by atoms with Crippen molar-refractivity contribution in [1.82, 2.24) is 0 Å². The Kier molecular flexibility index (Phi) is 2.26. The number of aryl methyl sites for hydroxylation is 1. The van der Waals surface area contributed by atoms with Crippen molar-refractivity contribution in [1.29, 1.82) is 0 Å². The summed E-state index contributed by atoms with van der Waals surface area (Å²) in [6, 6.07) is 5.50. The van der Waals surface area contributed by atoms with Crippen molar-refractivity contribution in [2.24, 2.45) is 0 Å². The van der Waals surface area contributed by atoms with E-state index >= 15 is 0 Å². The molecule has 0 atom stereocenters. The van der Waals surface area contributed by atoms with Crippen LogP contribution >= 0.6 is 22.9 Å². The van der Waals surface area contributed by atoms with Crippen LogP contribution < -0.4 is 0 Å². The molecule has 0 aliphatic carbocycles. The summed E-state index contributed by atoms with van der Waals surface area (Å²) < 4.78 is 14.2. The van der Waals surface area contributed by atoms with Crippen LogP contribution in [0, 0.1) is 5.13 Å². The van der Waals surface area contributed by atoms with Crippen LogP contribution in [0.1, 0.15) is 12.5 Å². The second-order valence-corrected chi connectivity index (χ2v) is 4.29. The molecule has 0 radical (unpaired) electrons. The van der Waals surface area contributed by atoms with Gasteiger partial charge in [0.25, 0.3) is 0 Å². The summed E-state index contributed by atoms with van der Waals surface area (Å²) in [6.45, 7) is 1.96. The molecule has 0 spiro atoms. The van der Waals surface area contributed by atoms with E-state index in [1.165, 1.54) is 11.3 Å². The van der Waals surface area contributed by atoms with Gasteiger partial charge in [-0.3, -0.25) is 0 Å². The first-order valence-electron chi connectivity index (χ1n) is 4.08. The third kappa shape index (κ3) is 1.45. The summed E-state index contributed by atoms with van der Waals surface area (Å²) >= 11 is 6.97. The van der Waals surface area contributed by atoms with Crippen LogP contribution in [0.5, 0.6) is 0 Å². The first-order valence-corrected chi connectivity index (χ1v) is 5.28. The van der Waals surface area contributed by atoms with Crippen LogP contribution in [0.3, 0.4) is 0 Å². The molecule has 0 fully saturated rings. The van der Waals surface area contributed by atoms with Crippen molar-refractivity contribution >= 4 is 33.0 Å². The van der Waals surface area contributed by atoms with E-state index in [-0.39, 0.29) is 5.13 Å². The van der Waals surface area contributed by atoms with Crippen LogP contribution in [0.2, 0.25) is 5.02 Å². The molecular weight excluding hydrogens is 207 g/mol. The lowest BCUT2D eigenvalue weighted by Crippen LogP contribution is -1.79. The third-order valence-electron chi connectivity index (χ3n) is 2.06. The summed E-state index contributed by atoms with van der Waals surface area (Å²) in [5.74, 6) is 0. The zero-order valence-corrected chi connectivity index (χ0v) is 8.68. The number of hydrogen-bond donors (Lipinski definition) is 0. The van der Waals surface area contributed by atoms with E-state index in [9.17, 15) is 4.39 Å². The van der Waals surface area contributed by atoms with Gasteiger partial charge in [0.05, 0.1) is 0 Å². The molecular formula is C10H8ClFS. The smallest absolute Gasteiger partial charge is 0.180 e. The fourth-order valence-electron chi connectivity index (χ4n) is 1.42. The highest BCUT2D eigenvalue weighted by Gasteiger charge is 2.09. The maximum Gasteiger partial charge on any atom is 0.180 e. The Morgan fingerprint density at radius 1 is 1.46 bits per heavy atom. The second kappa shape index (κ2) is 3.28. The lowest BCUT2D eigenvalue weighted by Gasteiger charge is -1.93. The Morgan fingerprint density at radius 3 is 2.92 bits per heavy atom. The average molecular weight is 215 g/mol. The van der Waals surface area contributed by atoms with Gasteiger partial charge < -0.3 is 0 Å². The Morgan fingerprint density at radius 2 is 2.23 bits per heavy atom. The highest BCUT2D eigenvalue weighted by Crippen LogP contribution is 2.32. The van der Waals surface area contributed by atoms with Gasteiger partial charge in [-0.2, -0.15) is 4.39 Å². The fourth-order valence-corrected chi connectivity index (χ4v) is 2.72. The SMILES string of the molecule is CCc1c(F)sc2cc(Cl)ccc12. The highest BCUT2D eigenvalue weighted by molar-refractivity contribution is 7.17. The lowest BCUT2D eigenvalue weighted by molar-refractivity contribution is 0.644. The van der Waals surface area contributed by atoms with Crippen molar-refractivity contribution in [3.8, 4) is 0 Å². The second-order valence-electron chi connectivity index (χ2n) is 2.85. The van der Waals surface area contributed by atoms with Crippen molar-refractivity contribution in [2.45, 2.75) is 13.3 Å². The molecule has 0 amide bonds. The maximum absolute atomic E-state index is 13.3. The van der Waals surface area contributed by atoms with Crippen LogP contribution in [0.4, 0.5) is 4.39 Å². The summed E-state index contributed by atoms with van der Waals surface area (Å²) in [5, 5.41) is 1.57. The topological polar surface area (TPSA) is 0 Å². The van der Waals surface area contributed by atoms with Crippen LogP contribution in [0.25, 0.3) is 10.1 Å². The van der Waals surface area contributed by atoms with E-state index < -0.39 is 0 Å². The van der Waals surface area contributed by atoms with Crippen LogP contribution in [0.15, 0.2) is 18.2 Å². The van der Waals surface area contributed by atoms with Gasteiger partial charge in [0.1, 0.15) is 0 Å². The molecule has 0 N–H and O–H groups in total. The molecule has 1 aromatic heterocycles. The fraction of sp³-hybridized carbons (Fsp3) is 0.200. The van der Waals surface area contributed by atoms with Gasteiger partial charge in [0.2, 0.25) is 0 Å². The zero-order chi connectivity index (χ0) is 9.42. The van der Waals surface area contributed by atoms with Gasteiger partial charge in [-0.15, -0.1) is 11.3 Å². The molecule has 13 heavy (non-hydrogen) atoms. The third-order valence-corrected chi connectivity index (χ3v) is 3.28. The predicted molar refractivity (Wildman–Crippen MR) is 56.2 cm³/mol. The number of halogens is 2. The van der Waals surface area contributed by atoms with Crippen LogP contribution in [-0.4, -0.2) is 0 Å². The predicted octanol–water partition coefficient (Wildman–Crippen LogP) is 4.26. The van der Waals surface area contributed by atoms with E-state index in [1.54, 1.807) is 6.07 Å². The number of hydrogen-bond acceptors (Lipinski definition) is 1. The Balaban J connectivity index is 2.79. The summed E-state index contributed by atoms with van der Waals surface area (Å²) in [5.41, 5.74) is 0.802. The standard InChI is InChI=1S/C10H8ClFS/c1-2-7-8-4-3-6(11)5-9(8)13-10(7)12/h3-5H,2H2,1H3. The Hall–Kier alpha value is -0.600. The first-order chi connectivity index (χ1) is 6.22. The van der Waals surface area contributed by atoms with E-state index in [1.807, 2.05) is 19.1 Å². The molecule has 3 heteroatoms. The van der Waals surface area contributed by atoms with Crippen LogP contribution in [-0.2, 0) is 6.42 Å². The van der Waals surface area contributed by atoms with Gasteiger partial charge >= 0.3 is 0 Å². The normalized spacial score (nSPS) is 11.0. The van der Waals surface area contributed by atoms with Gasteiger partial charge in [-0.1, -0.05) is 24.6 Å². The first kappa shape index (κ1) is 8.97. The number of fused-ring (bicyclic) bond motifs is 1. The molecule has 0 aliphatic heterocycles. The van der Waals surface area contributed by atoms with Gasteiger partial charge in [0.15, 0.2) is 5.13 Å². The Bertz CT molecular complexity index is 447. The van der Waals surface area contributed by atoms with Gasteiger partial charge in [-0.25, -0.2) is 0 Å². The molecule has 0 nitrogen and oxygen atoms in total. The minimum Gasteiger partial charge on any atom is -0.195 e. The largest absolute Gasteiger partial charge is 0.195 e. The number of rotatable bonds is 1. The maximum atomic E-state index is 13.3. The summed E-state index contributed by atoms with van der Waals surface area (Å²) in [6.07, 6.45) is 0.730.